The lowest BCUT2D eigenvalue weighted by Gasteiger charge is -2.16. The molecule has 0 spiro atoms. The Kier molecular flexibility index (Phi) is 17.6. The first-order chi connectivity index (χ1) is 17.7. The van der Waals surface area contributed by atoms with Crippen molar-refractivity contribution in [3.8, 4) is 0 Å². The van der Waals surface area contributed by atoms with Gasteiger partial charge in [0.05, 0.1) is 0 Å². The van der Waals surface area contributed by atoms with Crippen LogP contribution in [0.25, 0.3) is 0 Å². The molecule has 0 atom stereocenters. The van der Waals surface area contributed by atoms with Crippen LogP contribution in [0.2, 0.25) is 0 Å². The van der Waals surface area contributed by atoms with Gasteiger partial charge in [0.15, 0.2) is 0 Å². The van der Waals surface area contributed by atoms with Gasteiger partial charge >= 0.3 is 0 Å². The number of hydrogen-bond donors (Lipinski definition) is 3. The van der Waals surface area contributed by atoms with Crippen LogP contribution in [0.1, 0.15) is 147 Å². The standard InChI is InChI=1S/C21H31N3O3.2C6H14/c1-7-22-18(25)15-11-16(19(26)23-8-2)13-17(12-15)20(27)24-14(3)9-10-21(4,5)6;2*1-5-6(2,3)4/h9,11-13H,7-8,10H2,1-6H3,(H,22,25)(H,23,26)(H,24,27);2*5H2,1-4H3/b14-9+;;. The van der Waals surface area contributed by atoms with Gasteiger partial charge in [0.1, 0.15) is 0 Å². The van der Waals surface area contributed by atoms with Gasteiger partial charge in [-0.1, -0.05) is 95.1 Å². The third-order valence-electron chi connectivity index (χ3n) is 5.85. The molecular formula is C33H59N3O3. The predicted molar refractivity (Wildman–Crippen MR) is 167 cm³/mol. The van der Waals surface area contributed by atoms with E-state index in [0.29, 0.717) is 23.9 Å². The van der Waals surface area contributed by atoms with Gasteiger partial charge in [-0.05, 0) is 61.6 Å². The van der Waals surface area contributed by atoms with Gasteiger partial charge in [-0.25, -0.2) is 0 Å². The fourth-order valence-electron chi connectivity index (χ4n) is 2.31. The monoisotopic (exact) mass is 545 g/mol. The zero-order valence-electron chi connectivity index (χ0n) is 27.6. The fraction of sp³-hybridized carbons (Fsp3) is 0.667. The molecule has 0 saturated heterocycles. The van der Waals surface area contributed by atoms with E-state index in [9.17, 15) is 14.4 Å². The second-order valence-corrected chi connectivity index (χ2v) is 13.5. The van der Waals surface area contributed by atoms with Gasteiger partial charge in [-0.15, -0.1) is 0 Å². The van der Waals surface area contributed by atoms with E-state index in [0.717, 1.165) is 12.1 Å². The third kappa shape index (κ3) is 20.9. The smallest absolute Gasteiger partial charge is 0.255 e. The molecule has 1 aromatic rings. The molecule has 0 unspecified atom stereocenters. The van der Waals surface area contributed by atoms with Crippen LogP contribution in [0.5, 0.6) is 0 Å². The molecule has 6 heteroatoms. The molecular weight excluding hydrogens is 486 g/mol. The number of carbonyl (C=O) groups is 3. The Labute approximate surface area is 240 Å². The molecule has 1 rings (SSSR count). The van der Waals surface area contributed by atoms with Crippen molar-refractivity contribution in [3.05, 3.63) is 46.7 Å². The van der Waals surface area contributed by atoms with Crippen molar-refractivity contribution in [3.63, 3.8) is 0 Å². The largest absolute Gasteiger partial charge is 0.352 e. The highest BCUT2D eigenvalue weighted by Crippen LogP contribution is 2.20. The van der Waals surface area contributed by atoms with Gasteiger partial charge in [0, 0.05) is 35.5 Å². The van der Waals surface area contributed by atoms with Crippen LogP contribution in [0, 0.1) is 16.2 Å². The van der Waals surface area contributed by atoms with Gasteiger partial charge < -0.3 is 16.0 Å². The number of rotatable bonds is 7. The van der Waals surface area contributed by atoms with Crippen molar-refractivity contribution in [1.82, 2.24) is 16.0 Å². The van der Waals surface area contributed by atoms with E-state index >= 15 is 0 Å². The zero-order valence-corrected chi connectivity index (χ0v) is 27.6. The molecule has 0 aliphatic rings. The summed E-state index contributed by atoms with van der Waals surface area (Å²) in [6, 6.07) is 4.50. The van der Waals surface area contributed by atoms with Crippen molar-refractivity contribution in [1.29, 1.82) is 0 Å². The number of amides is 3. The summed E-state index contributed by atoms with van der Waals surface area (Å²) in [6.07, 6.45) is 5.33. The Balaban J connectivity index is 0. The number of carbonyl (C=O) groups excluding carboxylic acids is 3. The van der Waals surface area contributed by atoms with Gasteiger partial charge in [0.25, 0.3) is 17.7 Å². The molecule has 0 heterocycles. The first-order valence-corrected chi connectivity index (χ1v) is 14.4. The third-order valence-corrected chi connectivity index (χ3v) is 5.85. The average Bonchev–Trinajstić information content (AvgIpc) is 2.82. The van der Waals surface area contributed by atoms with E-state index < -0.39 is 0 Å². The topological polar surface area (TPSA) is 87.3 Å². The van der Waals surface area contributed by atoms with E-state index in [2.05, 4.69) is 92.1 Å². The zero-order chi connectivity index (χ0) is 31.0. The summed E-state index contributed by atoms with van der Waals surface area (Å²) in [6.45, 7) is 30.6. The lowest BCUT2D eigenvalue weighted by atomic mass is 9.92. The highest BCUT2D eigenvalue weighted by molar-refractivity contribution is 6.04. The van der Waals surface area contributed by atoms with Gasteiger partial charge in [0.2, 0.25) is 0 Å². The maximum absolute atomic E-state index is 12.6. The Morgan fingerprint density at radius 3 is 1.18 bits per heavy atom. The highest BCUT2D eigenvalue weighted by atomic mass is 16.2. The molecule has 3 amide bonds. The Morgan fingerprint density at radius 2 is 0.923 bits per heavy atom. The highest BCUT2D eigenvalue weighted by Gasteiger charge is 2.16. The molecule has 0 aliphatic heterocycles. The van der Waals surface area contributed by atoms with Crippen LogP contribution in [0.15, 0.2) is 30.0 Å². The molecule has 1 aromatic carbocycles. The quantitative estimate of drug-likeness (QED) is 0.323. The van der Waals surface area contributed by atoms with Crippen LogP contribution >= 0.6 is 0 Å². The second kappa shape index (κ2) is 17.9. The normalized spacial score (nSPS) is 11.8. The molecule has 6 nitrogen and oxygen atoms in total. The van der Waals surface area contributed by atoms with Crippen molar-refractivity contribution < 1.29 is 14.4 Å². The SMILES string of the molecule is CCC(C)(C)C.CCC(C)(C)C.CCNC(=O)c1cc(C(=O)NCC)cc(C(=O)N/C(C)=C/CC(C)(C)C)c1. The fourth-order valence-corrected chi connectivity index (χ4v) is 2.31. The Hall–Kier alpha value is -2.63. The molecule has 3 N–H and O–H groups in total. The van der Waals surface area contributed by atoms with Crippen molar-refractivity contribution in [2.24, 2.45) is 16.2 Å². The summed E-state index contributed by atoms with van der Waals surface area (Å²) in [5, 5.41) is 8.20. The van der Waals surface area contributed by atoms with Crippen LogP contribution in [0.4, 0.5) is 0 Å². The van der Waals surface area contributed by atoms with Crippen LogP contribution in [-0.4, -0.2) is 30.8 Å². The van der Waals surface area contributed by atoms with Gasteiger partial charge in [-0.3, -0.25) is 14.4 Å². The van der Waals surface area contributed by atoms with E-state index in [1.54, 1.807) is 0 Å². The minimum absolute atomic E-state index is 0.121. The Bertz CT molecular complexity index is 877. The first kappa shape index (κ1) is 38.5. The molecule has 0 bridgehead atoms. The molecule has 0 saturated carbocycles. The summed E-state index contributed by atoms with van der Waals surface area (Å²) in [4.78, 5) is 37.0. The maximum atomic E-state index is 12.6. The van der Waals surface area contributed by atoms with E-state index in [1.165, 1.54) is 31.0 Å². The van der Waals surface area contributed by atoms with Crippen molar-refractivity contribution in [2.75, 3.05) is 13.1 Å². The second-order valence-electron chi connectivity index (χ2n) is 13.5. The van der Waals surface area contributed by atoms with Crippen LogP contribution < -0.4 is 16.0 Å². The van der Waals surface area contributed by atoms with E-state index in [-0.39, 0.29) is 39.8 Å². The number of allylic oxidation sites excluding steroid dienone is 2. The summed E-state index contributed by atoms with van der Waals surface area (Å²) in [7, 11) is 0. The van der Waals surface area contributed by atoms with Crippen LogP contribution in [0.3, 0.4) is 0 Å². The number of hydrogen-bond acceptors (Lipinski definition) is 3. The van der Waals surface area contributed by atoms with Crippen molar-refractivity contribution >= 4 is 17.7 Å². The minimum atomic E-state index is -0.352. The summed E-state index contributed by atoms with van der Waals surface area (Å²) >= 11 is 0. The molecule has 0 fully saturated rings. The van der Waals surface area contributed by atoms with Crippen LogP contribution in [-0.2, 0) is 0 Å². The lowest BCUT2D eigenvalue weighted by Crippen LogP contribution is -2.27. The van der Waals surface area contributed by atoms with Crippen molar-refractivity contribution in [2.45, 2.75) is 116 Å². The number of benzene rings is 1. The molecule has 39 heavy (non-hydrogen) atoms. The molecule has 0 radical (unpaired) electrons. The van der Waals surface area contributed by atoms with Gasteiger partial charge in [-0.2, -0.15) is 0 Å². The predicted octanol–water partition coefficient (Wildman–Crippen LogP) is 8.14. The summed E-state index contributed by atoms with van der Waals surface area (Å²) in [5.41, 5.74) is 2.76. The van der Waals surface area contributed by atoms with E-state index in [4.69, 9.17) is 0 Å². The lowest BCUT2D eigenvalue weighted by molar-refractivity contribution is 0.0955. The molecule has 0 aromatic heterocycles. The maximum Gasteiger partial charge on any atom is 0.255 e. The number of nitrogens with one attached hydrogen (secondary N) is 3. The molecule has 224 valence electrons. The molecule has 0 aliphatic carbocycles. The minimum Gasteiger partial charge on any atom is -0.352 e. The Morgan fingerprint density at radius 1 is 0.615 bits per heavy atom. The first-order valence-electron chi connectivity index (χ1n) is 14.4. The summed E-state index contributed by atoms with van der Waals surface area (Å²) < 4.78 is 0. The average molecular weight is 546 g/mol. The van der Waals surface area contributed by atoms with E-state index in [1.807, 2.05) is 26.8 Å². The summed E-state index contributed by atoms with van der Waals surface area (Å²) in [5.74, 6) is -0.996.